The van der Waals surface area contributed by atoms with Crippen molar-refractivity contribution < 1.29 is 19.1 Å². The molecule has 3 atom stereocenters. The van der Waals surface area contributed by atoms with Gasteiger partial charge >= 0.3 is 0 Å². The highest BCUT2D eigenvalue weighted by molar-refractivity contribution is 8.26. The number of carbonyl (C=O) groups is 1. The minimum atomic E-state index is -0.0701. The van der Waals surface area contributed by atoms with Crippen LogP contribution in [0.15, 0.2) is 33.6 Å². The van der Waals surface area contributed by atoms with Crippen molar-refractivity contribution in [3.8, 4) is 22.8 Å². The van der Waals surface area contributed by atoms with Crippen LogP contribution in [0.1, 0.15) is 43.4 Å². The molecule has 1 aromatic heterocycles. The molecule has 1 aromatic carbocycles. The summed E-state index contributed by atoms with van der Waals surface area (Å²) in [6.45, 7) is 0.543. The lowest BCUT2D eigenvalue weighted by atomic mass is 9.94. The van der Waals surface area contributed by atoms with Gasteiger partial charge in [0.1, 0.15) is 27.3 Å². The van der Waals surface area contributed by atoms with E-state index in [0.717, 1.165) is 24.3 Å². The van der Waals surface area contributed by atoms with Crippen LogP contribution in [0.3, 0.4) is 0 Å². The number of methoxy groups -OCH3 is 1. The number of hydrogen-bond acceptors (Lipinski definition) is 7. The molecule has 2 heterocycles. The Morgan fingerprint density at radius 1 is 1.35 bits per heavy atom. The number of amides is 1. The second kappa shape index (κ2) is 11.4. The fraction of sp³-hybridized carbons (Fsp3) is 0.423. The Morgan fingerprint density at radius 2 is 2.16 bits per heavy atom. The van der Waals surface area contributed by atoms with Crippen LogP contribution >= 0.6 is 36.4 Å². The molecule has 0 radical (unpaired) electrons. The zero-order valence-electron chi connectivity index (χ0n) is 20.5. The minimum Gasteiger partial charge on any atom is -0.508 e. The van der Waals surface area contributed by atoms with Crippen LogP contribution in [0.2, 0.25) is 0 Å². The third kappa shape index (κ3) is 5.76. The van der Waals surface area contributed by atoms with Crippen LogP contribution in [0, 0.1) is 17.2 Å². The number of aromatic hydroxyl groups is 1. The van der Waals surface area contributed by atoms with E-state index >= 15 is 0 Å². The van der Waals surface area contributed by atoms with Crippen LogP contribution < -0.4 is 15.8 Å². The molecule has 1 saturated heterocycles. The van der Waals surface area contributed by atoms with Gasteiger partial charge < -0.3 is 25.3 Å². The Morgan fingerprint density at radius 3 is 2.84 bits per heavy atom. The molecule has 2 saturated carbocycles. The SMILES string of the molecule is COc1cc(O)cc(-c2cc(CCCNC(=N)N)c(C=C3SC(=S)N(C4CC5CCC4C5)C3=O)o2)c1.Cl. The summed E-state index contributed by atoms with van der Waals surface area (Å²) in [5.41, 5.74) is 6.99. The van der Waals surface area contributed by atoms with E-state index in [2.05, 4.69) is 5.32 Å². The minimum absolute atomic E-state index is 0. The van der Waals surface area contributed by atoms with Gasteiger partial charge in [0.2, 0.25) is 0 Å². The molecule has 3 aliphatic rings. The number of nitrogens with two attached hydrogens (primary N) is 1. The number of ether oxygens (including phenoxy) is 1. The van der Waals surface area contributed by atoms with Gasteiger partial charge in [0.25, 0.3) is 5.91 Å². The molecule has 11 heteroatoms. The quantitative estimate of drug-likeness (QED) is 0.118. The van der Waals surface area contributed by atoms with Crippen molar-refractivity contribution in [1.29, 1.82) is 5.41 Å². The number of nitrogens with zero attached hydrogens (tertiary/aromatic N) is 1. The Hall–Kier alpha value is -2.69. The van der Waals surface area contributed by atoms with Crippen molar-refractivity contribution in [2.75, 3.05) is 13.7 Å². The van der Waals surface area contributed by atoms with Gasteiger partial charge in [-0.05, 0) is 67.7 Å². The highest BCUT2D eigenvalue weighted by atomic mass is 35.5. The number of phenolic OH excluding ortho intramolecular Hbond substituents is 1. The lowest BCUT2D eigenvalue weighted by molar-refractivity contribution is -0.124. The molecule has 2 bridgehead atoms. The topological polar surface area (TPSA) is 125 Å². The number of carbonyl (C=O) groups excluding carboxylic acids is 1. The first-order valence-electron chi connectivity index (χ1n) is 12.2. The van der Waals surface area contributed by atoms with Crippen LogP contribution in [0.4, 0.5) is 0 Å². The van der Waals surface area contributed by atoms with Gasteiger partial charge in [0.15, 0.2) is 5.96 Å². The number of benzene rings is 1. The Labute approximate surface area is 231 Å². The maximum absolute atomic E-state index is 13.4. The van der Waals surface area contributed by atoms with Gasteiger partial charge in [-0.25, -0.2) is 0 Å². The number of hydrogen-bond donors (Lipinski definition) is 4. The first kappa shape index (κ1) is 27.3. The molecular formula is C26H31ClN4O4S2. The van der Waals surface area contributed by atoms with E-state index in [-0.39, 0.29) is 36.1 Å². The van der Waals surface area contributed by atoms with Crippen molar-refractivity contribution in [1.82, 2.24) is 10.2 Å². The van der Waals surface area contributed by atoms with E-state index < -0.39 is 0 Å². The first-order valence-corrected chi connectivity index (χ1v) is 13.4. The number of nitrogens with one attached hydrogen (secondary N) is 2. The molecule has 37 heavy (non-hydrogen) atoms. The third-order valence-corrected chi connectivity index (χ3v) is 8.64. The largest absolute Gasteiger partial charge is 0.508 e. The van der Waals surface area contributed by atoms with Gasteiger partial charge in [0, 0.05) is 30.3 Å². The molecule has 5 N–H and O–H groups in total. The average molecular weight is 563 g/mol. The van der Waals surface area contributed by atoms with Gasteiger partial charge in [0.05, 0.1) is 12.0 Å². The number of aryl methyl sites for hydroxylation is 1. The van der Waals surface area contributed by atoms with Crippen LogP contribution in [0.5, 0.6) is 11.5 Å². The predicted molar refractivity (Wildman–Crippen MR) is 152 cm³/mol. The lowest BCUT2D eigenvalue weighted by Gasteiger charge is -2.30. The van der Waals surface area contributed by atoms with E-state index in [0.29, 0.717) is 50.9 Å². The fourth-order valence-corrected chi connectivity index (χ4v) is 7.00. The second-order valence-electron chi connectivity index (χ2n) is 9.66. The van der Waals surface area contributed by atoms with Crippen LogP contribution in [0.25, 0.3) is 17.4 Å². The smallest absolute Gasteiger partial charge is 0.266 e. The van der Waals surface area contributed by atoms with Crippen LogP contribution in [-0.4, -0.2) is 45.9 Å². The van der Waals surface area contributed by atoms with Crippen molar-refractivity contribution in [3.63, 3.8) is 0 Å². The summed E-state index contributed by atoms with van der Waals surface area (Å²) in [4.78, 5) is 15.9. The molecular weight excluding hydrogens is 532 g/mol. The molecule has 8 nitrogen and oxygen atoms in total. The number of rotatable bonds is 8. The Balaban J connectivity index is 0.00000320. The zero-order valence-corrected chi connectivity index (χ0v) is 22.9. The molecule has 198 valence electrons. The second-order valence-corrected chi connectivity index (χ2v) is 11.3. The molecule has 2 aliphatic carbocycles. The number of fused-ring (bicyclic) bond motifs is 2. The summed E-state index contributed by atoms with van der Waals surface area (Å²) in [7, 11) is 1.54. The van der Waals surface area contributed by atoms with Crippen LogP contribution in [-0.2, 0) is 11.2 Å². The summed E-state index contributed by atoms with van der Waals surface area (Å²) < 4.78 is 12.1. The van der Waals surface area contributed by atoms with Gasteiger partial charge in [-0.1, -0.05) is 30.4 Å². The molecule has 1 amide bonds. The van der Waals surface area contributed by atoms with E-state index in [9.17, 15) is 9.90 Å². The fourth-order valence-electron chi connectivity index (χ4n) is 5.66. The summed E-state index contributed by atoms with van der Waals surface area (Å²) >= 11 is 6.98. The number of furan rings is 1. The highest BCUT2D eigenvalue weighted by Crippen LogP contribution is 2.49. The summed E-state index contributed by atoms with van der Waals surface area (Å²) in [5.74, 6) is 2.90. The van der Waals surface area contributed by atoms with E-state index in [1.807, 2.05) is 11.0 Å². The molecule has 1 aliphatic heterocycles. The maximum Gasteiger partial charge on any atom is 0.266 e. The van der Waals surface area contributed by atoms with E-state index in [1.165, 1.54) is 44.2 Å². The normalized spacial score (nSPS) is 23.5. The summed E-state index contributed by atoms with van der Waals surface area (Å²) in [5, 5.41) is 20.3. The standard InChI is InChI=1S/C26H30N4O4S2.ClH/c1-33-19-10-17(9-18(31)12-19)21-11-16(3-2-6-29-25(27)28)22(34-21)13-23-24(32)30(26(35)36-23)20-8-14-4-5-15(20)7-14;/h9-15,20,31H,2-8H2,1H3,(H4,27,28,29);1H. The molecule has 0 spiro atoms. The number of phenols is 1. The number of thiocarbonyl (C=S) groups is 1. The van der Waals surface area contributed by atoms with Crippen molar-refractivity contribution in [2.24, 2.45) is 17.6 Å². The summed E-state index contributed by atoms with van der Waals surface area (Å²) in [6.07, 6.45) is 7.86. The molecule has 5 rings (SSSR count). The average Bonchev–Trinajstić information content (AvgIpc) is 3.61. The van der Waals surface area contributed by atoms with Crippen molar-refractivity contribution in [2.45, 2.75) is 44.6 Å². The lowest BCUT2D eigenvalue weighted by Crippen LogP contribution is -2.41. The number of halogens is 1. The number of guanidine groups is 1. The van der Waals surface area contributed by atoms with Gasteiger partial charge in [-0.2, -0.15) is 0 Å². The van der Waals surface area contributed by atoms with E-state index in [1.54, 1.807) is 18.2 Å². The van der Waals surface area contributed by atoms with Gasteiger partial charge in [-0.15, -0.1) is 12.4 Å². The van der Waals surface area contributed by atoms with Crippen molar-refractivity contribution >= 4 is 58.7 Å². The Bertz CT molecular complexity index is 1250. The van der Waals surface area contributed by atoms with Crippen molar-refractivity contribution in [3.05, 3.63) is 40.5 Å². The third-order valence-electron chi connectivity index (χ3n) is 7.31. The first-order chi connectivity index (χ1) is 17.3. The highest BCUT2D eigenvalue weighted by Gasteiger charge is 2.48. The molecule has 3 unspecified atom stereocenters. The predicted octanol–water partition coefficient (Wildman–Crippen LogP) is 4.89. The Kier molecular flexibility index (Phi) is 8.40. The summed E-state index contributed by atoms with van der Waals surface area (Å²) in [6, 6.07) is 7.07. The molecule has 3 fully saturated rings. The molecule has 2 aromatic rings. The van der Waals surface area contributed by atoms with E-state index in [4.69, 9.17) is 32.5 Å². The maximum atomic E-state index is 13.4. The zero-order chi connectivity index (χ0) is 25.4. The van der Waals surface area contributed by atoms with Gasteiger partial charge in [-0.3, -0.25) is 15.1 Å². The number of thioether (sulfide) groups is 1. The monoisotopic (exact) mass is 562 g/mol.